The molecule has 110 valence electrons. The average molecular weight is 288 g/mol. The highest BCUT2D eigenvalue weighted by atomic mass is 16.4. The first-order chi connectivity index (χ1) is 10.2. The number of rotatable bonds is 6. The second kappa shape index (κ2) is 7.04. The Labute approximate surface area is 121 Å². The van der Waals surface area contributed by atoms with Gasteiger partial charge in [-0.2, -0.15) is 5.10 Å². The summed E-state index contributed by atoms with van der Waals surface area (Å²) in [5, 5.41) is 20.9. The number of H-pyrrole nitrogens is 1. The molecule has 0 atom stereocenters. The van der Waals surface area contributed by atoms with E-state index in [1.165, 1.54) is 6.33 Å². The molecule has 21 heavy (non-hydrogen) atoms. The van der Waals surface area contributed by atoms with Gasteiger partial charge < -0.3 is 16.3 Å². The Kier molecular flexibility index (Phi) is 4.86. The van der Waals surface area contributed by atoms with E-state index in [2.05, 4.69) is 25.7 Å². The van der Waals surface area contributed by atoms with Crippen LogP contribution in [0.1, 0.15) is 28.2 Å². The zero-order valence-electron chi connectivity index (χ0n) is 11.3. The third-order valence-corrected chi connectivity index (χ3v) is 2.87. The predicted octanol–water partition coefficient (Wildman–Crippen LogP) is 0.262. The maximum Gasteiger partial charge on any atom is 0.251 e. The summed E-state index contributed by atoms with van der Waals surface area (Å²) in [6.07, 6.45) is 2.91. The lowest BCUT2D eigenvalue weighted by Crippen LogP contribution is -2.25. The van der Waals surface area contributed by atoms with Gasteiger partial charge in [0.15, 0.2) is 5.84 Å². The van der Waals surface area contributed by atoms with Crippen LogP contribution in [0.15, 0.2) is 35.7 Å². The van der Waals surface area contributed by atoms with Gasteiger partial charge >= 0.3 is 0 Å². The number of amides is 1. The van der Waals surface area contributed by atoms with Crippen molar-refractivity contribution in [3.8, 4) is 0 Å². The maximum atomic E-state index is 12.0. The zero-order valence-corrected chi connectivity index (χ0v) is 11.3. The van der Waals surface area contributed by atoms with E-state index >= 15 is 0 Å². The van der Waals surface area contributed by atoms with Gasteiger partial charge in [-0.05, 0) is 18.6 Å². The van der Waals surface area contributed by atoms with Crippen molar-refractivity contribution in [2.24, 2.45) is 10.9 Å². The van der Waals surface area contributed by atoms with Gasteiger partial charge in [0.2, 0.25) is 0 Å². The van der Waals surface area contributed by atoms with Crippen LogP contribution >= 0.6 is 0 Å². The maximum absolute atomic E-state index is 12.0. The fourth-order valence-corrected chi connectivity index (χ4v) is 1.79. The van der Waals surface area contributed by atoms with Crippen molar-refractivity contribution in [3.05, 3.63) is 47.5 Å². The van der Waals surface area contributed by atoms with Crippen LogP contribution in [0, 0.1) is 0 Å². The van der Waals surface area contributed by atoms with Crippen molar-refractivity contribution in [2.75, 3.05) is 6.54 Å². The van der Waals surface area contributed by atoms with Gasteiger partial charge in [-0.15, -0.1) is 0 Å². The molecule has 8 heteroatoms. The number of benzene rings is 1. The molecule has 0 spiro atoms. The van der Waals surface area contributed by atoms with E-state index in [0.717, 1.165) is 12.2 Å². The number of nitrogens with zero attached hydrogens (tertiary/aromatic N) is 3. The van der Waals surface area contributed by atoms with Gasteiger partial charge in [0.1, 0.15) is 12.2 Å². The number of nitrogens with two attached hydrogens (primary N) is 1. The molecule has 0 radical (unpaired) electrons. The van der Waals surface area contributed by atoms with Crippen LogP contribution < -0.4 is 11.1 Å². The molecule has 1 amide bonds. The number of aryl methyl sites for hydroxylation is 1. The van der Waals surface area contributed by atoms with E-state index in [-0.39, 0.29) is 11.7 Å². The topological polar surface area (TPSA) is 129 Å². The molecule has 1 heterocycles. The van der Waals surface area contributed by atoms with Crippen LogP contribution in [0.25, 0.3) is 0 Å². The molecule has 0 bridgehead atoms. The van der Waals surface area contributed by atoms with E-state index in [1.54, 1.807) is 24.3 Å². The Morgan fingerprint density at radius 2 is 2.24 bits per heavy atom. The van der Waals surface area contributed by atoms with Crippen molar-refractivity contribution < 1.29 is 10.0 Å². The number of amidine groups is 1. The summed E-state index contributed by atoms with van der Waals surface area (Å²) in [5.74, 6) is 0.549. The molecule has 0 fully saturated rings. The second-order valence-corrected chi connectivity index (χ2v) is 4.36. The fourth-order valence-electron chi connectivity index (χ4n) is 1.79. The van der Waals surface area contributed by atoms with Crippen molar-refractivity contribution in [3.63, 3.8) is 0 Å². The summed E-state index contributed by atoms with van der Waals surface area (Å²) in [7, 11) is 0. The normalized spacial score (nSPS) is 11.3. The van der Waals surface area contributed by atoms with Gasteiger partial charge in [-0.1, -0.05) is 17.3 Å². The van der Waals surface area contributed by atoms with E-state index in [4.69, 9.17) is 10.9 Å². The number of carbonyl (C=O) groups is 1. The van der Waals surface area contributed by atoms with Crippen molar-refractivity contribution in [1.82, 2.24) is 20.5 Å². The molecule has 2 aromatic rings. The first kappa shape index (κ1) is 14.5. The third kappa shape index (κ3) is 4.03. The van der Waals surface area contributed by atoms with E-state index in [0.29, 0.717) is 24.1 Å². The number of hydrogen-bond donors (Lipinski definition) is 4. The van der Waals surface area contributed by atoms with E-state index in [9.17, 15) is 4.79 Å². The van der Waals surface area contributed by atoms with Crippen LogP contribution in [0.5, 0.6) is 0 Å². The smallest absolute Gasteiger partial charge is 0.251 e. The van der Waals surface area contributed by atoms with Gasteiger partial charge in [0.25, 0.3) is 5.91 Å². The first-order valence-corrected chi connectivity index (χ1v) is 6.41. The largest absolute Gasteiger partial charge is 0.409 e. The minimum Gasteiger partial charge on any atom is -0.409 e. The van der Waals surface area contributed by atoms with Crippen molar-refractivity contribution >= 4 is 11.7 Å². The summed E-state index contributed by atoms with van der Waals surface area (Å²) >= 11 is 0. The molecule has 0 saturated heterocycles. The molecule has 0 aliphatic heterocycles. The molecule has 1 aromatic carbocycles. The first-order valence-electron chi connectivity index (χ1n) is 6.41. The summed E-state index contributed by atoms with van der Waals surface area (Å²) in [6, 6.07) is 6.58. The fraction of sp³-hybridized carbons (Fsp3) is 0.231. The Morgan fingerprint density at radius 1 is 1.43 bits per heavy atom. The minimum atomic E-state index is -0.208. The van der Waals surface area contributed by atoms with E-state index in [1.807, 2.05) is 0 Å². The van der Waals surface area contributed by atoms with Gasteiger partial charge in [-0.25, -0.2) is 4.98 Å². The number of nitrogens with one attached hydrogen (secondary N) is 2. The molecule has 8 nitrogen and oxygen atoms in total. The quantitative estimate of drug-likeness (QED) is 0.199. The third-order valence-electron chi connectivity index (χ3n) is 2.87. The molecular weight excluding hydrogens is 272 g/mol. The van der Waals surface area contributed by atoms with Crippen molar-refractivity contribution in [1.29, 1.82) is 0 Å². The lowest BCUT2D eigenvalue weighted by molar-refractivity contribution is 0.0953. The van der Waals surface area contributed by atoms with Crippen LogP contribution in [0.3, 0.4) is 0 Å². The SMILES string of the molecule is NC(=NO)c1cccc(C(=O)NCCCc2ncn[nH]2)c1. The van der Waals surface area contributed by atoms with Crippen LogP contribution in [0.4, 0.5) is 0 Å². The number of aromatic nitrogens is 3. The Hall–Kier alpha value is -2.90. The number of hydrogen-bond acceptors (Lipinski definition) is 5. The highest BCUT2D eigenvalue weighted by molar-refractivity contribution is 6.01. The number of aromatic amines is 1. The van der Waals surface area contributed by atoms with Crippen LogP contribution in [-0.4, -0.2) is 38.7 Å². The lowest BCUT2D eigenvalue weighted by atomic mass is 10.1. The highest BCUT2D eigenvalue weighted by Gasteiger charge is 2.07. The standard InChI is InChI=1S/C13H16N6O2/c14-12(19-21)9-3-1-4-10(7-9)13(20)15-6-2-5-11-16-8-17-18-11/h1,3-4,7-8,21H,2,5-6H2,(H2,14,19)(H,15,20)(H,16,17,18). The lowest BCUT2D eigenvalue weighted by Gasteiger charge is -2.06. The molecule has 0 saturated carbocycles. The number of carbonyl (C=O) groups excluding carboxylic acids is 1. The monoisotopic (exact) mass is 288 g/mol. The summed E-state index contributed by atoms with van der Waals surface area (Å²) in [6.45, 7) is 0.521. The molecular formula is C13H16N6O2. The molecule has 1 aromatic heterocycles. The van der Waals surface area contributed by atoms with Gasteiger partial charge in [-0.3, -0.25) is 9.89 Å². The van der Waals surface area contributed by atoms with Gasteiger partial charge in [0, 0.05) is 24.1 Å². The van der Waals surface area contributed by atoms with Crippen molar-refractivity contribution in [2.45, 2.75) is 12.8 Å². The average Bonchev–Trinajstić information content (AvgIpc) is 3.04. The Balaban J connectivity index is 1.85. The molecule has 0 unspecified atom stereocenters. The number of oxime groups is 1. The van der Waals surface area contributed by atoms with Crippen LogP contribution in [-0.2, 0) is 6.42 Å². The summed E-state index contributed by atoms with van der Waals surface area (Å²) in [4.78, 5) is 16.0. The summed E-state index contributed by atoms with van der Waals surface area (Å²) < 4.78 is 0. The minimum absolute atomic E-state index is 0.0324. The molecule has 0 aliphatic rings. The highest BCUT2D eigenvalue weighted by Crippen LogP contribution is 2.05. The van der Waals surface area contributed by atoms with Crippen LogP contribution in [0.2, 0.25) is 0 Å². The molecule has 5 N–H and O–H groups in total. The molecule has 0 aliphatic carbocycles. The summed E-state index contributed by atoms with van der Waals surface area (Å²) in [5.41, 5.74) is 6.44. The van der Waals surface area contributed by atoms with E-state index < -0.39 is 0 Å². The molecule has 2 rings (SSSR count). The zero-order chi connectivity index (χ0) is 15.1. The Morgan fingerprint density at radius 3 is 2.95 bits per heavy atom. The predicted molar refractivity (Wildman–Crippen MR) is 76.0 cm³/mol. The Bertz CT molecular complexity index is 623. The van der Waals surface area contributed by atoms with Gasteiger partial charge in [0.05, 0.1) is 0 Å². The second-order valence-electron chi connectivity index (χ2n) is 4.36.